The monoisotopic (exact) mass is 211 g/mol. The average Bonchev–Trinajstić information content (AvgIpc) is 1.78. The molecule has 0 spiro atoms. The van der Waals surface area contributed by atoms with Crippen LogP contribution in [-0.2, 0) is 0 Å². The second-order valence-electron chi connectivity index (χ2n) is 4.46. The fourth-order valence-electron chi connectivity index (χ4n) is 1.00. The lowest BCUT2D eigenvalue weighted by atomic mass is 10.3. The number of halogens is 1. The summed E-state index contributed by atoms with van der Waals surface area (Å²) in [6, 6.07) is 0. The van der Waals surface area contributed by atoms with Gasteiger partial charge in [-0.25, -0.2) is 0 Å². The van der Waals surface area contributed by atoms with Crippen molar-refractivity contribution >= 4 is 11.6 Å². The Bertz CT molecular complexity index is 151. The summed E-state index contributed by atoms with van der Waals surface area (Å²) in [6.07, 6.45) is -0.509. The van der Waals surface area contributed by atoms with E-state index >= 15 is 0 Å². The molecule has 0 aliphatic heterocycles. The molecule has 0 rings (SSSR count). The summed E-state index contributed by atoms with van der Waals surface area (Å²) >= 11 is 5.48. The third-order valence-electron chi connectivity index (χ3n) is 1.42. The quantitative estimate of drug-likeness (QED) is 0.250. The number of nitrogens with zero attached hydrogens (tertiary/aromatic N) is 1. The molecular formula is C8H20ClN2O2+. The highest BCUT2D eigenvalue weighted by atomic mass is 35.5. The van der Waals surface area contributed by atoms with E-state index < -0.39 is 11.3 Å². The number of aliphatic hydroxyl groups is 2. The summed E-state index contributed by atoms with van der Waals surface area (Å²) in [4.78, 5) is 0. The maximum atomic E-state index is 9.50. The molecule has 2 atom stereocenters. The third-order valence-corrected chi connectivity index (χ3v) is 1.55. The van der Waals surface area contributed by atoms with Gasteiger partial charge >= 0.3 is 0 Å². The predicted molar refractivity (Wildman–Crippen MR) is 53.4 cm³/mol. The minimum absolute atomic E-state index is 0.284. The van der Waals surface area contributed by atoms with Crippen molar-refractivity contribution in [3.05, 3.63) is 0 Å². The lowest BCUT2D eigenvalue weighted by Gasteiger charge is -2.28. The zero-order chi connectivity index (χ0) is 10.7. The van der Waals surface area contributed by atoms with Gasteiger partial charge in [-0.05, 0) is 6.92 Å². The Morgan fingerprint density at radius 1 is 1.46 bits per heavy atom. The molecule has 0 heterocycles. The first kappa shape index (κ1) is 13.1. The van der Waals surface area contributed by atoms with E-state index in [-0.39, 0.29) is 6.54 Å². The Balaban J connectivity index is 3.70. The van der Waals surface area contributed by atoms with Crippen molar-refractivity contribution < 1.29 is 14.7 Å². The van der Waals surface area contributed by atoms with Crippen molar-refractivity contribution in [3.63, 3.8) is 0 Å². The summed E-state index contributed by atoms with van der Waals surface area (Å²) in [5, 5.41) is 19.8. The van der Waals surface area contributed by atoms with Crippen LogP contribution in [0.3, 0.4) is 0 Å². The van der Waals surface area contributed by atoms with Crippen LogP contribution in [0.5, 0.6) is 0 Å². The first-order valence-corrected chi connectivity index (χ1v) is 4.63. The van der Waals surface area contributed by atoms with Crippen LogP contribution < -0.4 is 5.32 Å². The van der Waals surface area contributed by atoms with Gasteiger partial charge in [0, 0.05) is 6.54 Å². The van der Waals surface area contributed by atoms with Crippen LogP contribution >= 0.6 is 11.6 Å². The van der Waals surface area contributed by atoms with Crippen molar-refractivity contribution in [1.29, 1.82) is 0 Å². The Morgan fingerprint density at radius 3 is 2.23 bits per heavy atom. The Morgan fingerprint density at radius 2 is 1.92 bits per heavy atom. The summed E-state index contributed by atoms with van der Waals surface area (Å²) < 4.78 is 0.674. The van der Waals surface area contributed by atoms with Gasteiger partial charge in [-0.2, -0.15) is 0 Å². The normalized spacial score (nSPS) is 19.6. The minimum Gasteiger partial charge on any atom is -0.386 e. The predicted octanol–water partition coefficient (Wildman–Crippen LogP) is -0.452. The molecule has 2 unspecified atom stereocenters. The van der Waals surface area contributed by atoms with E-state index in [0.717, 1.165) is 0 Å². The first-order valence-electron chi connectivity index (χ1n) is 4.25. The molecule has 0 saturated heterocycles. The second kappa shape index (κ2) is 4.57. The van der Waals surface area contributed by atoms with Crippen molar-refractivity contribution in [3.8, 4) is 0 Å². The zero-order valence-corrected chi connectivity index (χ0v) is 9.47. The van der Waals surface area contributed by atoms with E-state index in [1.54, 1.807) is 0 Å². The van der Waals surface area contributed by atoms with Crippen molar-refractivity contribution in [2.75, 3.05) is 34.2 Å². The van der Waals surface area contributed by atoms with Gasteiger partial charge in [0.05, 0.1) is 21.1 Å². The van der Waals surface area contributed by atoms with Crippen LogP contribution in [0.1, 0.15) is 6.92 Å². The molecule has 0 amide bonds. The molecule has 13 heavy (non-hydrogen) atoms. The maximum absolute atomic E-state index is 9.50. The number of hydrogen-bond donors (Lipinski definition) is 3. The average molecular weight is 212 g/mol. The van der Waals surface area contributed by atoms with Gasteiger partial charge in [0.25, 0.3) is 0 Å². The lowest BCUT2D eigenvalue weighted by molar-refractivity contribution is -0.873. The van der Waals surface area contributed by atoms with Gasteiger partial charge in [-0.3, -0.25) is 5.32 Å². The summed E-state index contributed by atoms with van der Waals surface area (Å²) in [7, 11) is 5.96. The van der Waals surface area contributed by atoms with E-state index in [0.29, 0.717) is 11.0 Å². The largest absolute Gasteiger partial charge is 0.386 e. The number of hydrogen-bond acceptors (Lipinski definition) is 3. The summed E-state index contributed by atoms with van der Waals surface area (Å²) in [6.45, 7) is 2.32. The number of aliphatic hydroxyl groups excluding tert-OH is 1. The molecule has 3 N–H and O–H groups in total. The molecule has 0 aromatic carbocycles. The third kappa shape index (κ3) is 10.0. The van der Waals surface area contributed by atoms with Crippen LogP contribution in [0.15, 0.2) is 0 Å². The summed E-state index contributed by atoms with van der Waals surface area (Å²) in [5.74, 6) is 0. The van der Waals surface area contributed by atoms with Gasteiger partial charge in [0.2, 0.25) is 0 Å². The molecule has 4 nitrogen and oxygen atoms in total. The van der Waals surface area contributed by atoms with Crippen LogP contribution in [0.2, 0.25) is 0 Å². The molecule has 0 aromatic heterocycles. The topological polar surface area (TPSA) is 52.5 Å². The Kier molecular flexibility index (Phi) is 4.62. The van der Waals surface area contributed by atoms with Gasteiger partial charge in [0.15, 0.2) is 5.18 Å². The van der Waals surface area contributed by atoms with Gasteiger partial charge in [-0.1, -0.05) is 11.6 Å². The van der Waals surface area contributed by atoms with Crippen LogP contribution in [-0.4, -0.2) is 60.2 Å². The molecule has 0 fully saturated rings. The number of likely N-dealkylation sites (N-methyl/N-ethyl adjacent to an activating group) is 1. The smallest absolute Gasteiger partial charge is 0.190 e. The molecule has 0 radical (unpaired) electrons. The highest BCUT2D eigenvalue weighted by molar-refractivity contribution is 6.22. The molecule has 0 saturated carbocycles. The first-order chi connectivity index (χ1) is 5.60. The second-order valence-corrected chi connectivity index (χ2v) is 5.20. The highest BCUT2D eigenvalue weighted by Crippen LogP contribution is 2.03. The molecular weight excluding hydrogens is 192 g/mol. The molecule has 0 aromatic rings. The Hall–Kier alpha value is 0.130. The van der Waals surface area contributed by atoms with Crippen molar-refractivity contribution in [2.24, 2.45) is 0 Å². The van der Waals surface area contributed by atoms with Crippen molar-refractivity contribution in [2.45, 2.75) is 18.2 Å². The van der Waals surface area contributed by atoms with E-state index in [2.05, 4.69) is 5.32 Å². The minimum atomic E-state index is -1.44. The van der Waals surface area contributed by atoms with Crippen LogP contribution in [0, 0.1) is 0 Å². The highest BCUT2D eigenvalue weighted by Gasteiger charge is 2.20. The Labute approximate surface area is 84.7 Å². The van der Waals surface area contributed by atoms with Gasteiger partial charge in [-0.15, -0.1) is 0 Å². The van der Waals surface area contributed by atoms with Gasteiger partial charge in [0.1, 0.15) is 12.6 Å². The molecule has 5 heteroatoms. The van der Waals surface area contributed by atoms with E-state index in [1.807, 2.05) is 21.1 Å². The standard InChI is InChI=1S/C8H20ClN2O2/c1-8(9,13)10-5-7(12)6-11(2,3)4/h7,10,12-13H,5-6H2,1-4H3/q+1. The fourth-order valence-corrected chi connectivity index (χ4v) is 1.08. The molecule has 0 aliphatic rings. The van der Waals surface area contributed by atoms with Crippen LogP contribution in [0.25, 0.3) is 0 Å². The van der Waals surface area contributed by atoms with Crippen LogP contribution in [0.4, 0.5) is 0 Å². The molecule has 0 bridgehead atoms. The number of quaternary nitrogens is 1. The number of alkyl halides is 1. The van der Waals surface area contributed by atoms with Crippen molar-refractivity contribution in [1.82, 2.24) is 5.32 Å². The molecule has 0 aliphatic carbocycles. The van der Waals surface area contributed by atoms with E-state index in [9.17, 15) is 5.11 Å². The number of nitrogens with one attached hydrogen (secondary N) is 1. The number of rotatable bonds is 5. The maximum Gasteiger partial charge on any atom is 0.190 e. The molecule has 80 valence electrons. The van der Waals surface area contributed by atoms with Gasteiger partial charge < -0.3 is 14.7 Å². The van der Waals surface area contributed by atoms with E-state index in [4.69, 9.17) is 16.7 Å². The van der Waals surface area contributed by atoms with E-state index in [1.165, 1.54) is 6.92 Å². The zero-order valence-electron chi connectivity index (χ0n) is 8.71. The lowest BCUT2D eigenvalue weighted by Crippen LogP contribution is -2.48. The summed E-state index contributed by atoms with van der Waals surface area (Å²) in [5.41, 5.74) is 0. The fraction of sp³-hybridized carbons (Fsp3) is 1.00. The SMILES string of the molecule is CC(O)(Cl)NCC(O)C[N+](C)(C)C.